The van der Waals surface area contributed by atoms with Crippen molar-refractivity contribution in [2.45, 2.75) is 19.4 Å². The van der Waals surface area contributed by atoms with E-state index in [1.165, 1.54) is 21.2 Å². The molecule has 0 bridgehead atoms. The summed E-state index contributed by atoms with van der Waals surface area (Å²) < 4.78 is 1.27. The van der Waals surface area contributed by atoms with Gasteiger partial charge in [0.25, 0.3) is 0 Å². The van der Waals surface area contributed by atoms with Crippen molar-refractivity contribution in [2.24, 2.45) is 0 Å². The first-order valence-corrected chi connectivity index (χ1v) is 9.43. The zero-order chi connectivity index (χ0) is 17.6. The highest BCUT2D eigenvalue weighted by Gasteiger charge is 2.05. The molecule has 1 aromatic heterocycles. The van der Waals surface area contributed by atoms with Gasteiger partial charge in [0.15, 0.2) is 0 Å². The van der Waals surface area contributed by atoms with E-state index in [0.29, 0.717) is 13.0 Å². The summed E-state index contributed by atoms with van der Waals surface area (Å²) in [5, 5.41) is 6.32. The van der Waals surface area contributed by atoms with Gasteiger partial charge in [0.2, 0.25) is 5.91 Å². The molecule has 2 aromatic carbocycles. The fraction of sp³-hybridized carbons (Fsp3) is 0.286. The molecular weight excluding hydrogens is 328 g/mol. The normalized spacial score (nSPS) is 11.2. The van der Waals surface area contributed by atoms with Crippen LogP contribution in [0.2, 0.25) is 0 Å². The molecule has 1 N–H and O–H groups in total. The van der Waals surface area contributed by atoms with Gasteiger partial charge in [0.05, 0.1) is 6.42 Å². The number of fused-ring (bicyclic) bond motifs is 1. The van der Waals surface area contributed by atoms with Crippen molar-refractivity contribution in [2.75, 3.05) is 20.6 Å². The monoisotopic (exact) mass is 352 g/mol. The second kappa shape index (κ2) is 8.28. The van der Waals surface area contributed by atoms with Crippen molar-refractivity contribution in [3.63, 3.8) is 0 Å². The third-order valence-corrected chi connectivity index (χ3v) is 5.04. The fourth-order valence-electron chi connectivity index (χ4n) is 2.90. The standard InChI is InChI=1S/C21H24N2OS/c1-23(2)15-17-5-3-16(4-6-17)9-11-22-21(24)14-18-7-8-20-19(13-18)10-12-25-20/h3-8,10,12-13H,9,11,14-15H2,1-2H3,(H,22,24). The summed E-state index contributed by atoms with van der Waals surface area (Å²) in [5.41, 5.74) is 3.63. The largest absolute Gasteiger partial charge is 0.355 e. The van der Waals surface area contributed by atoms with Crippen LogP contribution in [0, 0.1) is 0 Å². The van der Waals surface area contributed by atoms with Crippen LogP contribution >= 0.6 is 11.3 Å². The van der Waals surface area contributed by atoms with Crippen molar-refractivity contribution in [3.8, 4) is 0 Å². The minimum Gasteiger partial charge on any atom is -0.355 e. The van der Waals surface area contributed by atoms with E-state index in [9.17, 15) is 4.79 Å². The van der Waals surface area contributed by atoms with Gasteiger partial charge in [0.1, 0.15) is 0 Å². The molecule has 0 aliphatic carbocycles. The maximum absolute atomic E-state index is 12.1. The summed E-state index contributed by atoms with van der Waals surface area (Å²) in [7, 11) is 4.14. The average molecular weight is 353 g/mol. The highest BCUT2D eigenvalue weighted by molar-refractivity contribution is 7.17. The fourth-order valence-corrected chi connectivity index (χ4v) is 3.67. The van der Waals surface area contributed by atoms with E-state index < -0.39 is 0 Å². The van der Waals surface area contributed by atoms with E-state index in [1.54, 1.807) is 11.3 Å². The van der Waals surface area contributed by atoms with Crippen molar-refractivity contribution >= 4 is 27.3 Å². The second-order valence-electron chi connectivity index (χ2n) is 6.62. The lowest BCUT2D eigenvalue weighted by molar-refractivity contribution is -0.120. The topological polar surface area (TPSA) is 32.3 Å². The average Bonchev–Trinajstić information content (AvgIpc) is 3.03. The van der Waals surface area contributed by atoms with Crippen molar-refractivity contribution in [1.82, 2.24) is 10.2 Å². The summed E-state index contributed by atoms with van der Waals surface area (Å²) >= 11 is 1.73. The molecule has 25 heavy (non-hydrogen) atoms. The van der Waals surface area contributed by atoms with Crippen LogP contribution < -0.4 is 5.32 Å². The summed E-state index contributed by atoms with van der Waals surface area (Å²) in [6.07, 6.45) is 1.30. The lowest BCUT2D eigenvalue weighted by atomic mass is 10.1. The first kappa shape index (κ1) is 17.6. The Balaban J connectivity index is 1.45. The Kier molecular flexibility index (Phi) is 5.84. The number of amides is 1. The van der Waals surface area contributed by atoms with Crippen LogP contribution in [0.25, 0.3) is 10.1 Å². The highest BCUT2D eigenvalue weighted by atomic mass is 32.1. The number of carbonyl (C=O) groups is 1. The van der Waals surface area contributed by atoms with Gasteiger partial charge in [-0.3, -0.25) is 4.79 Å². The van der Waals surface area contributed by atoms with Crippen LogP contribution in [0.15, 0.2) is 53.9 Å². The van der Waals surface area contributed by atoms with E-state index in [0.717, 1.165) is 18.5 Å². The maximum atomic E-state index is 12.1. The third-order valence-electron chi connectivity index (χ3n) is 4.14. The Morgan fingerprint density at radius 2 is 1.72 bits per heavy atom. The van der Waals surface area contributed by atoms with Crippen molar-refractivity contribution < 1.29 is 4.79 Å². The number of benzene rings is 2. The predicted octanol–water partition coefficient (Wildman–Crippen LogP) is 3.86. The molecule has 4 heteroatoms. The maximum Gasteiger partial charge on any atom is 0.224 e. The molecule has 0 radical (unpaired) electrons. The molecule has 0 atom stereocenters. The van der Waals surface area contributed by atoms with Gasteiger partial charge in [-0.25, -0.2) is 0 Å². The van der Waals surface area contributed by atoms with Gasteiger partial charge in [-0.2, -0.15) is 0 Å². The van der Waals surface area contributed by atoms with Gasteiger partial charge in [-0.15, -0.1) is 11.3 Å². The number of nitrogens with zero attached hydrogens (tertiary/aromatic N) is 1. The number of thiophene rings is 1. The molecule has 0 aliphatic rings. The van der Waals surface area contributed by atoms with Gasteiger partial charge in [0, 0.05) is 17.8 Å². The predicted molar refractivity (Wildman–Crippen MR) is 106 cm³/mol. The van der Waals surface area contributed by atoms with Crippen molar-refractivity contribution in [3.05, 3.63) is 70.6 Å². The van der Waals surface area contributed by atoms with E-state index in [4.69, 9.17) is 0 Å². The molecule has 1 heterocycles. The number of hydrogen-bond donors (Lipinski definition) is 1. The van der Waals surface area contributed by atoms with Gasteiger partial charge < -0.3 is 10.2 Å². The molecule has 0 spiro atoms. The van der Waals surface area contributed by atoms with Crippen molar-refractivity contribution in [1.29, 1.82) is 0 Å². The Labute approximate surface area is 153 Å². The molecule has 3 aromatic rings. The van der Waals surface area contributed by atoms with E-state index >= 15 is 0 Å². The number of rotatable bonds is 7. The van der Waals surface area contributed by atoms with Crippen LogP contribution in [0.4, 0.5) is 0 Å². The zero-order valence-electron chi connectivity index (χ0n) is 14.8. The lowest BCUT2D eigenvalue weighted by Gasteiger charge is -2.10. The molecule has 0 fully saturated rings. The molecule has 130 valence electrons. The SMILES string of the molecule is CN(C)Cc1ccc(CCNC(=O)Cc2ccc3sccc3c2)cc1. The molecule has 0 saturated heterocycles. The highest BCUT2D eigenvalue weighted by Crippen LogP contribution is 2.21. The van der Waals surface area contributed by atoms with Crippen LogP contribution in [0.1, 0.15) is 16.7 Å². The molecule has 1 amide bonds. The summed E-state index contributed by atoms with van der Waals surface area (Å²) in [5.74, 6) is 0.0822. The third kappa shape index (κ3) is 5.15. The first-order valence-electron chi connectivity index (χ1n) is 8.55. The van der Waals surface area contributed by atoms with Crippen LogP contribution in [-0.2, 0) is 24.2 Å². The van der Waals surface area contributed by atoms with Crippen LogP contribution in [0.5, 0.6) is 0 Å². The number of nitrogens with one attached hydrogen (secondary N) is 1. The quantitative estimate of drug-likeness (QED) is 0.700. The Morgan fingerprint density at radius 1 is 1.00 bits per heavy atom. The Bertz CT molecular complexity index is 836. The Morgan fingerprint density at radius 3 is 2.48 bits per heavy atom. The van der Waals surface area contributed by atoms with Gasteiger partial charge in [-0.05, 0) is 66.2 Å². The molecule has 3 rings (SSSR count). The van der Waals surface area contributed by atoms with Gasteiger partial charge >= 0.3 is 0 Å². The molecule has 0 aliphatic heterocycles. The van der Waals surface area contributed by atoms with E-state index in [-0.39, 0.29) is 5.91 Å². The second-order valence-corrected chi connectivity index (χ2v) is 7.57. The number of carbonyl (C=O) groups excluding carboxylic acids is 1. The van der Waals surface area contributed by atoms with Crippen LogP contribution in [-0.4, -0.2) is 31.4 Å². The molecule has 3 nitrogen and oxygen atoms in total. The van der Waals surface area contributed by atoms with Crippen LogP contribution in [0.3, 0.4) is 0 Å². The smallest absolute Gasteiger partial charge is 0.224 e. The summed E-state index contributed by atoms with van der Waals surface area (Å²) in [6, 6.07) is 17.0. The van der Waals surface area contributed by atoms with E-state index in [2.05, 4.69) is 72.2 Å². The molecule has 0 unspecified atom stereocenters. The summed E-state index contributed by atoms with van der Waals surface area (Å²) in [6.45, 7) is 1.62. The van der Waals surface area contributed by atoms with Gasteiger partial charge in [-0.1, -0.05) is 30.3 Å². The van der Waals surface area contributed by atoms with E-state index in [1.807, 2.05) is 6.07 Å². The number of hydrogen-bond acceptors (Lipinski definition) is 3. The first-order chi connectivity index (χ1) is 12.1. The Hall–Kier alpha value is -2.17. The minimum atomic E-state index is 0.0822. The lowest BCUT2D eigenvalue weighted by Crippen LogP contribution is -2.27. The molecule has 0 saturated carbocycles. The minimum absolute atomic E-state index is 0.0822. The molecular formula is C21H24N2OS. The summed E-state index contributed by atoms with van der Waals surface area (Å²) in [4.78, 5) is 14.3. The zero-order valence-corrected chi connectivity index (χ0v) is 15.6.